The van der Waals surface area contributed by atoms with Crippen molar-refractivity contribution in [1.29, 1.82) is 0 Å². The van der Waals surface area contributed by atoms with E-state index in [4.69, 9.17) is 4.74 Å². The monoisotopic (exact) mass is 231 g/mol. The Morgan fingerprint density at radius 2 is 2.29 bits per heavy atom. The molecule has 0 aromatic heterocycles. The van der Waals surface area contributed by atoms with Gasteiger partial charge in [-0.05, 0) is 68.3 Å². The van der Waals surface area contributed by atoms with Crippen LogP contribution >= 0.6 is 0 Å². The van der Waals surface area contributed by atoms with Gasteiger partial charge in [0.2, 0.25) is 0 Å². The minimum Gasteiger partial charge on any atom is -0.493 e. The lowest BCUT2D eigenvalue weighted by Gasteiger charge is -2.24. The molecule has 1 saturated heterocycles. The van der Waals surface area contributed by atoms with Crippen molar-refractivity contribution in [2.75, 3.05) is 19.7 Å². The zero-order valence-electron chi connectivity index (χ0n) is 10.4. The van der Waals surface area contributed by atoms with Gasteiger partial charge in [0.25, 0.3) is 0 Å². The predicted octanol–water partition coefficient (Wildman–Crippen LogP) is 2.55. The van der Waals surface area contributed by atoms with E-state index in [1.54, 1.807) is 0 Å². The zero-order valence-corrected chi connectivity index (χ0v) is 10.4. The van der Waals surface area contributed by atoms with Gasteiger partial charge in [-0.1, -0.05) is 12.1 Å². The molecule has 1 unspecified atom stereocenters. The van der Waals surface area contributed by atoms with Crippen LogP contribution in [0.1, 0.15) is 30.4 Å². The second-order valence-corrected chi connectivity index (χ2v) is 5.31. The quantitative estimate of drug-likeness (QED) is 0.844. The molecular formula is C15H21NO. The molecule has 2 heteroatoms. The third kappa shape index (κ3) is 2.63. The third-order valence-electron chi connectivity index (χ3n) is 3.90. The number of fused-ring (bicyclic) bond motifs is 1. The fourth-order valence-electron chi connectivity index (χ4n) is 2.97. The number of aryl methyl sites for hydroxylation is 1. The Morgan fingerprint density at radius 3 is 3.18 bits per heavy atom. The smallest absolute Gasteiger partial charge is 0.122 e. The largest absolute Gasteiger partial charge is 0.493 e. The number of rotatable bonds is 2. The second-order valence-electron chi connectivity index (χ2n) is 5.31. The summed E-state index contributed by atoms with van der Waals surface area (Å²) < 4.78 is 5.66. The van der Waals surface area contributed by atoms with E-state index in [0.717, 1.165) is 18.3 Å². The maximum atomic E-state index is 5.66. The van der Waals surface area contributed by atoms with Crippen LogP contribution in [0.3, 0.4) is 0 Å². The summed E-state index contributed by atoms with van der Waals surface area (Å²) in [6.07, 6.45) is 6.28. The Kier molecular flexibility index (Phi) is 3.32. The van der Waals surface area contributed by atoms with Gasteiger partial charge in [-0.25, -0.2) is 0 Å². The van der Waals surface area contributed by atoms with Crippen LogP contribution in [0.5, 0.6) is 5.75 Å². The standard InChI is InChI=1S/C15H21NO/c1-3-13(11-16-7-1)9-12-5-6-15-14(10-12)4-2-8-17-15/h5-6,10,13,16H,1-4,7-9,11H2. The molecule has 0 bridgehead atoms. The molecule has 2 aliphatic heterocycles. The first-order chi connectivity index (χ1) is 8.42. The van der Waals surface area contributed by atoms with Crippen molar-refractivity contribution >= 4 is 0 Å². The van der Waals surface area contributed by atoms with Gasteiger partial charge in [-0.15, -0.1) is 0 Å². The fraction of sp³-hybridized carbons (Fsp3) is 0.600. The number of nitrogens with one attached hydrogen (secondary N) is 1. The molecule has 0 amide bonds. The van der Waals surface area contributed by atoms with E-state index in [2.05, 4.69) is 23.5 Å². The van der Waals surface area contributed by atoms with Crippen molar-refractivity contribution in [3.05, 3.63) is 29.3 Å². The molecule has 0 radical (unpaired) electrons. The number of ether oxygens (including phenoxy) is 1. The van der Waals surface area contributed by atoms with Crippen molar-refractivity contribution in [2.45, 2.75) is 32.1 Å². The lowest BCUT2D eigenvalue weighted by atomic mass is 9.91. The van der Waals surface area contributed by atoms with Gasteiger partial charge in [-0.3, -0.25) is 0 Å². The number of hydrogen-bond donors (Lipinski definition) is 1. The average molecular weight is 231 g/mol. The average Bonchev–Trinajstić information content (AvgIpc) is 2.40. The Morgan fingerprint density at radius 1 is 1.29 bits per heavy atom. The maximum Gasteiger partial charge on any atom is 0.122 e. The van der Waals surface area contributed by atoms with Crippen LogP contribution in [0.25, 0.3) is 0 Å². The molecule has 17 heavy (non-hydrogen) atoms. The Bertz CT molecular complexity index is 383. The summed E-state index contributed by atoms with van der Waals surface area (Å²) in [5.74, 6) is 1.94. The molecule has 1 aromatic rings. The highest BCUT2D eigenvalue weighted by atomic mass is 16.5. The first kappa shape index (κ1) is 11.1. The van der Waals surface area contributed by atoms with Crippen molar-refractivity contribution in [1.82, 2.24) is 5.32 Å². The number of hydrogen-bond acceptors (Lipinski definition) is 2. The predicted molar refractivity (Wildman–Crippen MR) is 69.6 cm³/mol. The highest BCUT2D eigenvalue weighted by Gasteiger charge is 2.15. The van der Waals surface area contributed by atoms with Gasteiger partial charge in [0, 0.05) is 0 Å². The zero-order chi connectivity index (χ0) is 11.5. The third-order valence-corrected chi connectivity index (χ3v) is 3.90. The summed E-state index contributed by atoms with van der Waals surface area (Å²) in [6.45, 7) is 3.28. The van der Waals surface area contributed by atoms with E-state index in [1.807, 2.05) is 0 Å². The summed E-state index contributed by atoms with van der Waals surface area (Å²) in [6, 6.07) is 6.78. The first-order valence-electron chi connectivity index (χ1n) is 6.87. The summed E-state index contributed by atoms with van der Waals surface area (Å²) in [5.41, 5.74) is 2.90. The molecule has 0 aliphatic carbocycles. The molecule has 92 valence electrons. The summed E-state index contributed by atoms with van der Waals surface area (Å²) in [4.78, 5) is 0. The highest BCUT2D eigenvalue weighted by Crippen LogP contribution is 2.27. The Hall–Kier alpha value is -1.02. The normalized spacial score (nSPS) is 23.9. The van der Waals surface area contributed by atoms with Crippen molar-refractivity contribution in [3.63, 3.8) is 0 Å². The van der Waals surface area contributed by atoms with Crippen LogP contribution in [0.2, 0.25) is 0 Å². The Balaban J connectivity index is 1.70. The summed E-state index contributed by atoms with van der Waals surface area (Å²) in [7, 11) is 0. The van der Waals surface area contributed by atoms with Crippen molar-refractivity contribution in [2.24, 2.45) is 5.92 Å². The molecule has 1 atom stereocenters. The van der Waals surface area contributed by atoms with Crippen molar-refractivity contribution in [3.8, 4) is 5.75 Å². The van der Waals surface area contributed by atoms with Crippen LogP contribution in [0.4, 0.5) is 0 Å². The van der Waals surface area contributed by atoms with E-state index < -0.39 is 0 Å². The Labute approximate surface area is 103 Å². The van der Waals surface area contributed by atoms with E-state index >= 15 is 0 Å². The molecular weight excluding hydrogens is 210 g/mol. The second kappa shape index (κ2) is 5.09. The molecule has 0 saturated carbocycles. The van der Waals surface area contributed by atoms with Crippen LogP contribution in [0.15, 0.2) is 18.2 Å². The molecule has 0 spiro atoms. The molecule has 2 nitrogen and oxygen atoms in total. The highest BCUT2D eigenvalue weighted by molar-refractivity contribution is 5.38. The van der Waals surface area contributed by atoms with Gasteiger partial charge in [0.15, 0.2) is 0 Å². The summed E-state index contributed by atoms with van der Waals surface area (Å²) >= 11 is 0. The van der Waals surface area contributed by atoms with Gasteiger partial charge in [0.05, 0.1) is 6.61 Å². The maximum absolute atomic E-state index is 5.66. The number of piperidine rings is 1. The van der Waals surface area contributed by atoms with Crippen LogP contribution in [-0.4, -0.2) is 19.7 Å². The lowest BCUT2D eigenvalue weighted by Crippen LogP contribution is -2.30. The minimum atomic E-state index is 0.825. The van der Waals surface area contributed by atoms with E-state index in [9.17, 15) is 0 Å². The van der Waals surface area contributed by atoms with Gasteiger partial charge in [0.1, 0.15) is 5.75 Å². The topological polar surface area (TPSA) is 21.3 Å². The van der Waals surface area contributed by atoms with Gasteiger partial charge < -0.3 is 10.1 Å². The lowest BCUT2D eigenvalue weighted by molar-refractivity contribution is 0.288. The first-order valence-corrected chi connectivity index (χ1v) is 6.87. The SMILES string of the molecule is c1cc2c(cc1CC1CCCNC1)CCCO2. The van der Waals surface area contributed by atoms with E-state index in [1.165, 1.54) is 56.3 Å². The van der Waals surface area contributed by atoms with E-state index in [-0.39, 0.29) is 0 Å². The van der Waals surface area contributed by atoms with E-state index in [0.29, 0.717) is 0 Å². The molecule has 2 heterocycles. The molecule has 1 fully saturated rings. The minimum absolute atomic E-state index is 0.825. The molecule has 2 aliphatic rings. The molecule has 1 aromatic carbocycles. The van der Waals surface area contributed by atoms with Gasteiger partial charge >= 0.3 is 0 Å². The fourth-order valence-corrected chi connectivity index (χ4v) is 2.97. The van der Waals surface area contributed by atoms with Gasteiger partial charge in [-0.2, -0.15) is 0 Å². The molecule has 3 rings (SSSR count). The van der Waals surface area contributed by atoms with Crippen LogP contribution in [0, 0.1) is 5.92 Å². The number of benzene rings is 1. The van der Waals surface area contributed by atoms with Crippen LogP contribution < -0.4 is 10.1 Å². The summed E-state index contributed by atoms with van der Waals surface area (Å²) in [5, 5.41) is 3.49. The van der Waals surface area contributed by atoms with Crippen LogP contribution in [-0.2, 0) is 12.8 Å². The molecule has 1 N–H and O–H groups in total. The van der Waals surface area contributed by atoms with Crippen molar-refractivity contribution < 1.29 is 4.74 Å².